The van der Waals surface area contributed by atoms with Crippen LogP contribution in [0, 0.1) is 0 Å². The second kappa shape index (κ2) is 7.88. The fraction of sp³-hybridized carbons (Fsp3) is 0.111. The van der Waals surface area contributed by atoms with E-state index < -0.39 is 29.5 Å². The van der Waals surface area contributed by atoms with Gasteiger partial charge >= 0.3 is 0 Å². The zero-order chi connectivity index (χ0) is 19.4. The highest BCUT2D eigenvalue weighted by Gasteiger charge is 2.11. The summed E-state index contributed by atoms with van der Waals surface area (Å²) in [4.78, 5) is 48.2. The third kappa shape index (κ3) is 4.42. The van der Waals surface area contributed by atoms with Crippen molar-refractivity contribution >= 4 is 39.9 Å². The Morgan fingerprint density at radius 3 is 2.33 bits per heavy atom. The molecule has 2 amide bonds. The predicted octanol–water partition coefficient (Wildman–Crippen LogP) is 1.10. The minimum atomic E-state index is -0.589. The van der Waals surface area contributed by atoms with E-state index in [1.54, 1.807) is 36.4 Å². The Morgan fingerprint density at radius 2 is 1.63 bits per heavy atom. The zero-order valence-electron chi connectivity index (χ0n) is 14.0. The van der Waals surface area contributed by atoms with Crippen LogP contribution in [0.25, 0.3) is 10.8 Å². The normalized spacial score (nSPS) is 10.6. The minimum Gasteiger partial charge on any atom is -0.345 e. The van der Waals surface area contributed by atoms with Gasteiger partial charge in [0.2, 0.25) is 11.8 Å². The van der Waals surface area contributed by atoms with E-state index in [2.05, 4.69) is 15.7 Å². The Morgan fingerprint density at radius 1 is 0.963 bits per heavy atom. The average molecular weight is 387 g/mol. The number of rotatable bonds is 5. The number of carbonyl (C=O) groups is 2. The van der Waals surface area contributed by atoms with Crippen molar-refractivity contribution in [1.82, 2.24) is 15.1 Å². The fourth-order valence-corrected chi connectivity index (χ4v) is 2.60. The van der Waals surface area contributed by atoms with Crippen molar-refractivity contribution < 1.29 is 9.59 Å². The van der Waals surface area contributed by atoms with E-state index >= 15 is 0 Å². The van der Waals surface area contributed by atoms with Gasteiger partial charge in [-0.3, -0.25) is 24.3 Å². The predicted molar refractivity (Wildman–Crippen MR) is 102 cm³/mol. The molecule has 3 rings (SSSR count). The first-order valence-electron chi connectivity index (χ1n) is 7.98. The van der Waals surface area contributed by atoms with E-state index in [1.807, 2.05) is 0 Å². The number of carbonyl (C=O) groups excluding carboxylic acids is 2. The number of nitrogens with zero attached hydrogens (tertiary/aromatic N) is 1. The second-order valence-corrected chi connectivity index (χ2v) is 6.15. The van der Waals surface area contributed by atoms with Gasteiger partial charge in [-0.1, -0.05) is 23.7 Å². The SMILES string of the molecule is O=C(Cn1[nH]c(=O)c2ccccc2c1=O)NCC(=O)Nc1ccc(Cl)cc1. The van der Waals surface area contributed by atoms with Crippen LogP contribution in [0.5, 0.6) is 0 Å². The van der Waals surface area contributed by atoms with Crippen molar-refractivity contribution in [2.24, 2.45) is 0 Å². The Labute approximate surface area is 157 Å². The quantitative estimate of drug-likeness (QED) is 0.609. The molecule has 0 fully saturated rings. The molecule has 0 atom stereocenters. The average Bonchev–Trinajstić information content (AvgIpc) is 2.66. The maximum Gasteiger partial charge on any atom is 0.273 e. The molecule has 0 aliphatic rings. The lowest BCUT2D eigenvalue weighted by Gasteiger charge is -2.09. The van der Waals surface area contributed by atoms with Crippen LogP contribution < -0.4 is 21.8 Å². The van der Waals surface area contributed by atoms with Crippen molar-refractivity contribution in [3.8, 4) is 0 Å². The van der Waals surface area contributed by atoms with Gasteiger partial charge in [0.15, 0.2) is 0 Å². The van der Waals surface area contributed by atoms with Crippen LogP contribution in [0.2, 0.25) is 5.02 Å². The van der Waals surface area contributed by atoms with Crippen LogP contribution >= 0.6 is 11.6 Å². The Balaban J connectivity index is 1.62. The Kier molecular flexibility index (Phi) is 5.37. The summed E-state index contributed by atoms with van der Waals surface area (Å²) < 4.78 is 0.914. The van der Waals surface area contributed by atoms with Gasteiger partial charge in [0.25, 0.3) is 11.1 Å². The molecule has 1 aromatic heterocycles. The number of benzene rings is 2. The molecule has 0 spiro atoms. The summed E-state index contributed by atoms with van der Waals surface area (Å²) in [7, 11) is 0. The molecule has 0 unspecified atom stereocenters. The molecule has 0 aliphatic heterocycles. The summed E-state index contributed by atoms with van der Waals surface area (Å²) in [5.41, 5.74) is -0.432. The van der Waals surface area contributed by atoms with Gasteiger partial charge in [0.1, 0.15) is 6.54 Å². The molecule has 0 saturated carbocycles. The van der Waals surface area contributed by atoms with E-state index in [0.29, 0.717) is 10.7 Å². The molecule has 9 heteroatoms. The number of aromatic amines is 1. The Bertz CT molecular complexity index is 1120. The lowest BCUT2D eigenvalue weighted by atomic mass is 10.2. The molecule has 138 valence electrons. The number of halogens is 1. The summed E-state index contributed by atoms with van der Waals surface area (Å²) >= 11 is 5.77. The molecular weight excluding hydrogens is 372 g/mol. The van der Waals surface area contributed by atoms with Crippen LogP contribution in [-0.4, -0.2) is 28.1 Å². The number of hydrogen-bond donors (Lipinski definition) is 3. The van der Waals surface area contributed by atoms with E-state index in [1.165, 1.54) is 12.1 Å². The van der Waals surface area contributed by atoms with Crippen molar-refractivity contribution in [3.05, 3.63) is 74.3 Å². The van der Waals surface area contributed by atoms with Gasteiger partial charge in [0, 0.05) is 10.7 Å². The van der Waals surface area contributed by atoms with E-state index in [9.17, 15) is 19.2 Å². The van der Waals surface area contributed by atoms with Gasteiger partial charge in [-0.2, -0.15) is 0 Å². The molecule has 3 aromatic rings. The van der Waals surface area contributed by atoms with E-state index in [0.717, 1.165) is 4.68 Å². The molecule has 2 aromatic carbocycles. The lowest BCUT2D eigenvalue weighted by molar-refractivity contribution is -0.124. The van der Waals surface area contributed by atoms with Crippen LogP contribution in [0.3, 0.4) is 0 Å². The van der Waals surface area contributed by atoms with Crippen molar-refractivity contribution in [2.75, 3.05) is 11.9 Å². The maximum atomic E-state index is 12.3. The highest BCUT2D eigenvalue weighted by Crippen LogP contribution is 2.12. The molecular formula is C18H15ClN4O4. The largest absolute Gasteiger partial charge is 0.345 e. The monoisotopic (exact) mass is 386 g/mol. The third-order valence-corrected chi connectivity index (χ3v) is 4.01. The van der Waals surface area contributed by atoms with Crippen LogP contribution in [0.4, 0.5) is 5.69 Å². The number of anilines is 1. The lowest BCUT2D eigenvalue weighted by Crippen LogP contribution is -2.39. The summed E-state index contributed by atoms with van der Waals surface area (Å²) in [5.74, 6) is -1.03. The van der Waals surface area contributed by atoms with Crippen LogP contribution in [0.15, 0.2) is 58.1 Å². The molecule has 27 heavy (non-hydrogen) atoms. The second-order valence-electron chi connectivity index (χ2n) is 5.71. The summed E-state index contributed by atoms with van der Waals surface area (Å²) in [6.07, 6.45) is 0. The van der Waals surface area contributed by atoms with Crippen LogP contribution in [-0.2, 0) is 16.1 Å². The van der Waals surface area contributed by atoms with Gasteiger partial charge in [-0.15, -0.1) is 0 Å². The first kappa shape index (κ1) is 18.4. The summed E-state index contributed by atoms with van der Waals surface area (Å²) in [6, 6.07) is 12.8. The topological polar surface area (TPSA) is 113 Å². The molecule has 0 bridgehead atoms. The summed E-state index contributed by atoms with van der Waals surface area (Å²) in [6.45, 7) is -0.693. The Hall–Kier alpha value is -3.39. The number of amides is 2. The molecule has 1 heterocycles. The standard InChI is InChI=1S/C18H15ClN4O4/c19-11-5-7-12(8-6-11)21-15(24)9-20-16(25)10-23-18(27)14-4-2-1-3-13(14)17(26)22-23/h1-8H,9-10H2,(H,20,25)(H,21,24)(H,22,26). The maximum absolute atomic E-state index is 12.3. The van der Waals surface area contributed by atoms with Gasteiger partial charge in [-0.25, -0.2) is 4.68 Å². The number of nitrogens with one attached hydrogen (secondary N) is 3. The van der Waals surface area contributed by atoms with Gasteiger partial charge in [0.05, 0.1) is 17.3 Å². The number of fused-ring (bicyclic) bond motifs is 1. The number of H-pyrrole nitrogens is 1. The smallest absolute Gasteiger partial charge is 0.273 e. The number of hydrogen-bond acceptors (Lipinski definition) is 4. The zero-order valence-corrected chi connectivity index (χ0v) is 14.7. The van der Waals surface area contributed by atoms with Crippen molar-refractivity contribution in [2.45, 2.75) is 6.54 Å². The highest BCUT2D eigenvalue weighted by atomic mass is 35.5. The fourth-order valence-electron chi connectivity index (χ4n) is 2.47. The molecule has 0 aliphatic carbocycles. The first-order valence-corrected chi connectivity index (χ1v) is 8.36. The molecule has 3 N–H and O–H groups in total. The first-order chi connectivity index (χ1) is 12.9. The van der Waals surface area contributed by atoms with Crippen molar-refractivity contribution in [1.29, 1.82) is 0 Å². The van der Waals surface area contributed by atoms with Crippen molar-refractivity contribution in [3.63, 3.8) is 0 Å². The van der Waals surface area contributed by atoms with E-state index in [-0.39, 0.29) is 17.3 Å². The summed E-state index contributed by atoms with van der Waals surface area (Å²) in [5, 5.41) is 8.36. The number of aromatic nitrogens is 2. The minimum absolute atomic E-state index is 0.217. The molecule has 0 radical (unpaired) electrons. The van der Waals surface area contributed by atoms with E-state index in [4.69, 9.17) is 11.6 Å². The van der Waals surface area contributed by atoms with Crippen LogP contribution in [0.1, 0.15) is 0 Å². The molecule has 0 saturated heterocycles. The van der Waals surface area contributed by atoms with Gasteiger partial charge in [-0.05, 0) is 36.4 Å². The third-order valence-electron chi connectivity index (χ3n) is 3.76. The molecule has 8 nitrogen and oxygen atoms in total. The van der Waals surface area contributed by atoms with Gasteiger partial charge < -0.3 is 10.6 Å². The highest BCUT2D eigenvalue weighted by molar-refractivity contribution is 6.30.